The number of fused-ring (bicyclic) bond motifs is 1. The van der Waals surface area contributed by atoms with Gasteiger partial charge in [-0.2, -0.15) is 0 Å². The fourth-order valence-electron chi connectivity index (χ4n) is 3.78. The van der Waals surface area contributed by atoms with Gasteiger partial charge in [0.25, 0.3) is 0 Å². The second-order valence-electron chi connectivity index (χ2n) is 7.23. The second kappa shape index (κ2) is 7.92. The van der Waals surface area contributed by atoms with Gasteiger partial charge in [-0.15, -0.1) is 0 Å². The molecule has 0 atom stereocenters. The van der Waals surface area contributed by atoms with Gasteiger partial charge in [0.2, 0.25) is 5.91 Å². The number of amides is 1. The molecule has 27 heavy (non-hydrogen) atoms. The first kappa shape index (κ1) is 17.7. The zero-order chi connectivity index (χ0) is 18.6. The molecule has 0 N–H and O–H groups in total. The zero-order valence-electron chi connectivity index (χ0n) is 15.8. The number of likely N-dealkylation sites (N-methyl/N-ethyl adjacent to an activating group) is 1. The van der Waals surface area contributed by atoms with Crippen LogP contribution in [0.5, 0.6) is 0 Å². The molecule has 2 heterocycles. The molecule has 2 aromatic carbocycles. The fourth-order valence-corrected chi connectivity index (χ4v) is 3.78. The van der Waals surface area contributed by atoms with Crippen LogP contribution in [0.4, 0.5) is 5.69 Å². The Hall–Kier alpha value is -2.66. The summed E-state index contributed by atoms with van der Waals surface area (Å²) in [6, 6.07) is 17.9. The number of nitrogens with zero attached hydrogens (tertiary/aromatic N) is 4. The van der Waals surface area contributed by atoms with Crippen LogP contribution in [0.25, 0.3) is 11.0 Å². The Morgan fingerprint density at radius 2 is 1.70 bits per heavy atom. The van der Waals surface area contributed by atoms with Crippen molar-refractivity contribution in [2.45, 2.75) is 32.4 Å². The Morgan fingerprint density at radius 1 is 1.00 bits per heavy atom. The Labute approximate surface area is 160 Å². The zero-order valence-corrected chi connectivity index (χ0v) is 15.8. The van der Waals surface area contributed by atoms with Crippen molar-refractivity contribution < 1.29 is 4.79 Å². The molecule has 0 bridgehead atoms. The number of rotatable bonds is 5. The second-order valence-corrected chi connectivity index (χ2v) is 7.23. The number of benzene rings is 2. The summed E-state index contributed by atoms with van der Waals surface area (Å²) in [5.74, 6) is 1.04. The van der Waals surface area contributed by atoms with Crippen LogP contribution in [0.1, 0.15) is 25.1 Å². The fraction of sp³-hybridized carbons (Fsp3) is 0.364. The molecule has 0 unspecified atom stereocenters. The van der Waals surface area contributed by atoms with Crippen molar-refractivity contribution in [2.75, 3.05) is 25.0 Å². The molecule has 1 fully saturated rings. The van der Waals surface area contributed by atoms with E-state index in [9.17, 15) is 4.79 Å². The van der Waals surface area contributed by atoms with Gasteiger partial charge >= 0.3 is 0 Å². The van der Waals surface area contributed by atoms with E-state index in [4.69, 9.17) is 4.98 Å². The van der Waals surface area contributed by atoms with Gasteiger partial charge in [-0.25, -0.2) is 4.98 Å². The predicted molar refractivity (Wildman–Crippen MR) is 109 cm³/mol. The number of likely N-dealkylation sites (tertiary alicyclic amines) is 1. The lowest BCUT2D eigenvalue weighted by molar-refractivity contribution is -0.118. The van der Waals surface area contributed by atoms with Gasteiger partial charge < -0.3 is 9.47 Å². The Bertz CT molecular complexity index is 912. The lowest BCUT2D eigenvalue weighted by Gasteiger charge is -2.26. The molecule has 1 aliphatic heterocycles. The van der Waals surface area contributed by atoms with Crippen molar-refractivity contribution in [1.82, 2.24) is 14.5 Å². The van der Waals surface area contributed by atoms with E-state index in [0.717, 1.165) is 42.2 Å². The number of anilines is 1. The standard InChI is InChI=1S/C22H26N4O/c1-24(18-10-4-2-5-11-18)22(27)17-26-20-13-7-6-12-19(20)23-21(26)16-25-14-8-3-9-15-25/h2,4-7,10-13H,3,8-9,14-17H2,1H3. The van der Waals surface area contributed by atoms with Gasteiger partial charge in [-0.05, 0) is 50.2 Å². The van der Waals surface area contributed by atoms with Crippen LogP contribution in [0.3, 0.4) is 0 Å². The summed E-state index contributed by atoms with van der Waals surface area (Å²) in [6.07, 6.45) is 3.80. The summed E-state index contributed by atoms with van der Waals surface area (Å²) < 4.78 is 2.09. The maximum atomic E-state index is 13.0. The van der Waals surface area contributed by atoms with Gasteiger partial charge in [0, 0.05) is 12.7 Å². The number of para-hydroxylation sites is 3. The molecule has 5 heteroatoms. The van der Waals surface area contributed by atoms with Crippen molar-refractivity contribution in [2.24, 2.45) is 0 Å². The van der Waals surface area contributed by atoms with E-state index >= 15 is 0 Å². The SMILES string of the molecule is CN(C(=O)Cn1c(CN2CCCCC2)nc2ccccc21)c1ccccc1. The molecule has 140 valence electrons. The van der Waals surface area contributed by atoms with Crippen LogP contribution in [-0.4, -0.2) is 40.5 Å². The molecule has 0 spiro atoms. The molecule has 1 saturated heterocycles. The van der Waals surface area contributed by atoms with E-state index in [1.807, 2.05) is 55.6 Å². The van der Waals surface area contributed by atoms with Crippen molar-refractivity contribution >= 4 is 22.6 Å². The van der Waals surface area contributed by atoms with E-state index in [0.29, 0.717) is 6.54 Å². The summed E-state index contributed by atoms with van der Waals surface area (Å²) >= 11 is 0. The molecule has 5 nitrogen and oxygen atoms in total. The molecule has 1 amide bonds. The smallest absolute Gasteiger partial charge is 0.246 e. The Kier molecular flexibility index (Phi) is 5.21. The van der Waals surface area contributed by atoms with Crippen molar-refractivity contribution in [3.8, 4) is 0 Å². The largest absolute Gasteiger partial charge is 0.317 e. The highest BCUT2D eigenvalue weighted by Gasteiger charge is 2.19. The molecule has 1 aromatic heterocycles. The van der Waals surface area contributed by atoms with Crippen LogP contribution >= 0.6 is 0 Å². The van der Waals surface area contributed by atoms with E-state index in [2.05, 4.69) is 15.5 Å². The van der Waals surface area contributed by atoms with E-state index in [-0.39, 0.29) is 5.91 Å². The number of carbonyl (C=O) groups excluding carboxylic acids is 1. The summed E-state index contributed by atoms with van der Waals surface area (Å²) in [5, 5.41) is 0. The minimum atomic E-state index is 0.0595. The predicted octanol–water partition coefficient (Wildman–Crippen LogP) is 3.69. The van der Waals surface area contributed by atoms with Crippen molar-refractivity contribution in [3.63, 3.8) is 0 Å². The average molecular weight is 362 g/mol. The minimum absolute atomic E-state index is 0.0595. The van der Waals surface area contributed by atoms with Gasteiger partial charge in [0.1, 0.15) is 12.4 Å². The average Bonchev–Trinajstić information content (AvgIpc) is 3.06. The molecule has 0 aliphatic carbocycles. The Balaban J connectivity index is 1.61. The summed E-state index contributed by atoms with van der Waals surface area (Å²) in [5.41, 5.74) is 2.89. The van der Waals surface area contributed by atoms with E-state index in [1.54, 1.807) is 4.90 Å². The first-order chi connectivity index (χ1) is 13.2. The molecular weight excluding hydrogens is 336 g/mol. The molecule has 1 aliphatic rings. The number of piperidine rings is 1. The maximum absolute atomic E-state index is 13.0. The topological polar surface area (TPSA) is 41.4 Å². The van der Waals surface area contributed by atoms with Crippen LogP contribution < -0.4 is 4.90 Å². The van der Waals surface area contributed by atoms with Crippen LogP contribution in [0.2, 0.25) is 0 Å². The van der Waals surface area contributed by atoms with Crippen molar-refractivity contribution in [3.05, 3.63) is 60.4 Å². The molecule has 0 radical (unpaired) electrons. The highest BCUT2D eigenvalue weighted by molar-refractivity contribution is 5.93. The molecule has 4 rings (SSSR count). The van der Waals surface area contributed by atoms with Crippen molar-refractivity contribution in [1.29, 1.82) is 0 Å². The minimum Gasteiger partial charge on any atom is -0.317 e. The highest BCUT2D eigenvalue weighted by atomic mass is 16.2. The van der Waals surface area contributed by atoms with Crippen LogP contribution in [-0.2, 0) is 17.9 Å². The normalized spacial score (nSPS) is 15.1. The van der Waals surface area contributed by atoms with Crippen LogP contribution in [0.15, 0.2) is 54.6 Å². The lowest BCUT2D eigenvalue weighted by atomic mass is 10.1. The van der Waals surface area contributed by atoms with Gasteiger partial charge in [-0.3, -0.25) is 9.69 Å². The third-order valence-corrected chi connectivity index (χ3v) is 5.36. The number of hydrogen-bond acceptors (Lipinski definition) is 3. The summed E-state index contributed by atoms with van der Waals surface area (Å²) in [7, 11) is 1.83. The van der Waals surface area contributed by atoms with Gasteiger partial charge in [0.15, 0.2) is 0 Å². The lowest BCUT2D eigenvalue weighted by Crippen LogP contribution is -2.33. The van der Waals surface area contributed by atoms with E-state index in [1.165, 1.54) is 19.3 Å². The third kappa shape index (κ3) is 3.88. The number of carbonyl (C=O) groups is 1. The van der Waals surface area contributed by atoms with Gasteiger partial charge in [0.05, 0.1) is 17.6 Å². The number of aromatic nitrogens is 2. The monoisotopic (exact) mass is 362 g/mol. The Morgan fingerprint density at radius 3 is 2.48 bits per heavy atom. The third-order valence-electron chi connectivity index (χ3n) is 5.36. The van der Waals surface area contributed by atoms with Crippen LogP contribution in [0, 0.1) is 0 Å². The molecular formula is C22H26N4O. The quantitative estimate of drug-likeness (QED) is 0.695. The highest BCUT2D eigenvalue weighted by Crippen LogP contribution is 2.20. The summed E-state index contributed by atoms with van der Waals surface area (Å²) in [6.45, 7) is 3.33. The maximum Gasteiger partial charge on any atom is 0.246 e. The van der Waals surface area contributed by atoms with E-state index < -0.39 is 0 Å². The first-order valence-corrected chi connectivity index (χ1v) is 9.70. The molecule has 0 saturated carbocycles. The molecule has 3 aromatic rings. The first-order valence-electron chi connectivity index (χ1n) is 9.70. The van der Waals surface area contributed by atoms with Gasteiger partial charge in [-0.1, -0.05) is 36.8 Å². The summed E-state index contributed by atoms with van der Waals surface area (Å²) in [4.78, 5) is 22.0. The number of imidazole rings is 1. The number of hydrogen-bond donors (Lipinski definition) is 0.